The molecule has 3 aromatic rings. The van der Waals surface area contributed by atoms with Gasteiger partial charge in [-0.3, -0.25) is 0 Å². The molecular formula is C18H17NO3S. The van der Waals surface area contributed by atoms with Crippen LogP contribution in [0.15, 0.2) is 62.7 Å². The van der Waals surface area contributed by atoms with Gasteiger partial charge in [-0.25, -0.2) is 8.42 Å². The van der Waals surface area contributed by atoms with Gasteiger partial charge in [0.2, 0.25) is 9.84 Å². The first kappa shape index (κ1) is 14.5. The van der Waals surface area contributed by atoms with Crippen molar-refractivity contribution in [3.8, 4) is 0 Å². The van der Waals surface area contributed by atoms with Crippen LogP contribution in [-0.2, 0) is 16.3 Å². The molecule has 4 rings (SSSR count). The molecular weight excluding hydrogens is 310 g/mol. The van der Waals surface area contributed by atoms with E-state index in [0.29, 0.717) is 10.5 Å². The number of fused-ring (bicyclic) bond motifs is 3. The molecule has 2 aromatic carbocycles. The van der Waals surface area contributed by atoms with E-state index in [0.717, 1.165) is 24.1 Å². The molecule has 0 saturated carbocycles. The molecule has 0 aliphatic carbocycles. The normalized spacial score (nSPS) is 18.0. The first-order valence-electron chi connectivity index (χ1n) is 7.66. The summed E-state index contributed by atoms with van der Waals surface area (Å²) in [7, 11) is -3.52. The molecule has 1 N–H and O–H groups in total. The summed E-state index contributed by atoms with van der Waals surface area (Å²) in [6.07, 6.45) is 0.900. The Balaban J connectivity index is 1.87. The van der Waals surface area contributed by atoms with Gasteiger partial charge in [0.25, 0.3) is 0 Å². The topological polar surface area (TPSA) is 59.3 Å². The number of nitrogens with one attached hydrogen (secondary N) is 1. The Kier molecular flexibility index (Phi) is 3.28. The summed E-state index contributed by atoms with van der Waals surface area (Å²) >= 11 is 0. The van der Waals surface area contributed by atoms with Crippen LogP contribution in [-0.4, -0.2) is 15.0 Å². The minimum Gasteiger partial charge on any atom is -0.459 e. The first-order valence-corrected chi connectivity index (χ1v) is 9.14. The fourth-order valence-electron chi connectivity index (χ4n) is 3.17. The van der Waals surface area contributed by atoms with Crippen LogP contribution in [0.25, 0.3) is 11.0 Å². The van der Waals surface area contributed by atoms with E-state index in [9.17, 15) is 8.42 Å². The molecule has 1 unspecified atom stereocenters. The predicted molar refractivity (Wildman–Crippen MR) is 88.2 cm³/mol. The lowest BCUT2D eigenvalue weighted by molar-refractivity contribution is 0.426. The lowest BCUT2D eigenvalue weighted by Crippen LogP contribution is -2.26. The molecule has 1 aliphatic rings. The molecule has 118 valence electrons. The summed E-state index contributed by atoms with van der Waals surface area (Å²) < 4.78 is 31.4. The molecule has 0 amide bonds. The molecule has 0 fully saturated rings. The van der Waals surface area contributed by atoms with Gasteiger partial charge >= 0.3 is 0 Å². The predicted octanol–water partition coefficient (Wildman–Crippen LogP) is 3.47. The van der Waals surface area contributed by atoms with Gasteiger partial charge in [-0.05, 0) is 44.2 Å². The Hall–Kier alpha value is -2.11. The smallest absolute Gasteiger partial charge is 0.206 e. The van der Waals surface area contributed by atoms with E-state index in [1.54, 1.807) is 42.5 Å². The lowest BCUT2D eigenvalue weighted by atomic mass is 10.0. The van der Waals surface area contributed by atoms with Crippen molar-refractivity contribution in [1.82, 2.24) is 5.32 Å². The maximum atomic E-state index is 12.7. The Morgan fingerprint density at radius 2 is 1.87 bits per heavy atom. The molecule has 0 radical (unpaired) electrons. The van der Waals surface area contributed by atoms with Crippen LogP contribution in [0, 0.1) is 0 Å². The van der Waals surface area contributed by atoms with Crippen molar-refractivity contribution in [3.63, 3.8) is 0 Å². The highest BCUT2D eigenvalue weighted by Gasteiger charge is 2.25. The van der Waals surface area contributed by atoms with E-state index in [2.05, 4.69) is 12.2 Å². The summed E-state index contributed by atoms with van der Waals surface area (Å²) in [6.45, 7) is 2.97. The third-order valence-corrected chi connectivity index (χ3v) is 6.15. The van der Waals surface area contributed by atoms with Crippen LogP contribution in [0.5, 0.6) is 0 Å². The molecule has 1 aliphatic heterocycles. The van der Waals surface area contributed by atoms with E-state index in [1.807, 2.05) is 6.07 Å². The van der Waals surface area contributed by atoms with Crippen molar-refractivity contribution >= 4 is 20.8 Å². The van der Waals surface area contributed by atoms with Crippen LogP contribution >= 0.6 is 0 Å². The number of hydrogen-bond acceptors (Lipinski definition) is 4. The minimum absolute atomic E-state index is 0.153. The molecule has 1 aromatic heterocycles. The van der Waals surface area contributed by atoms with Crippen molar-refractivity contribution in [2.45, 2.75) is 29.2 Å². The SMILES string of the molecule is CC1NCCc2c1oc1cc(S(=O)(=O)c3ccccc3)ccc21. The van der Waals surface area contributed by atoms with E-state index in [4.69, 9.17) is 4.42 Å². The van der Waals surface area contributed by atoms with Crippen LogP contribution in [0.2, 0.25) is 0 Å². The average Bonchev–Trinajstić information content (AvgIpc) is 2.95. The standard InChI is InChI=1S/C18H17NO3S/c1-12-18-16(9-10-19-12)15-8-7-14(11-17(15)22-18)23(20,21)13-5-3-2-4-6-13/h2-8,11-12,19H,9-10H2,1H3. The summed E-state index contributed by atoms with van der Waals surface area (Å²) in [5.41, 5.74) is 1.83. The monoisotopic (exact) mass is 327 g/mol. The minimum atomic E-state index is -3.52. The Morgan fingerprint density at radius 3 is 2.65 bits per heavy atom. The van der Waals surface area contributed by atoms with Crippen LogP contribution in [0.3, 0.4) is 0 Å². The van der Waals surface area contributed by atoms with Gasteiger partial charge in [0.1, 0.15) is 11.3 Å². The number of rotatable bonds is 2. The third kappa shape index (κ3) is 2.28. The summed E-state index contributed by atoms with van der Waals surface area (Å²) in [6, 6.07) is 13.8. The van der Waals surface area contributed by atoms with Gasteiger partial charge in [-0.15, -0.1) is 0 Å². The van der Waals surface area contributed by atoms with E-state index >= 15 is 0 Å². The first-order chi connectivity index (χ1) is 11.1. The zero-order chi connectivity index (χ0) is 16.0. The molecule has 2 heterocycles. The molecule has 1 atom stereocenters. The molecule has 5 heteroatoms. The molecule has 23 heavy (non-hydrogen) atoms. The Bertz CT molecular complexity index is 974. The highest BCUT2D eigenvalue weighted by atomic mass is 32.2. The quantitative estimate of drug-likeness (QED) is 0.783. The van der Waals surface area contributed by atoms with Crippen molar-refractivity contribution in [2.24, 2.45) is 0 Å². The highest BCUT2D eigenvalue weighted by Crippen LogP contribution is 2.34. The second kappa shape index (κ2) is 5.22. The maximum Gasteiger partial charge on any atom is 0.206 e. The number of benzene rings is 2. The number of sulfone groups is 1. The van der Waals surface area contributed by atoms with Crippen molar-refractivity contribution in [3.05, 3.63) is 59.9 Å². The van der Waals surface area contributed by atoms with Crippen molar-refractivity contribution in [2.75, 3.05) is 6.54 Å². The van der Waals surface area contributed by atoms with Gasteiger partial charge in [-0.1, -0.05) is 18.2 Å². The van der Waals surface area contributed by atoms with E-state index in [1.165, 1.54) is 5.56 Å². The molecule has 0 spiro atoms. The summed E-state index contributed by atoms with van der Waals surface area (Å²) in [5, 5.41) is 4.37. The zero-order valence-corrected chi connectivity index (χ0v) is 13.6. The van der Waals surface area contributed by atoms with Crippen LogP contribution in [0.1, 0.15) is 24.3 Å². The highest BCUT2D eigenvalue weighted by molar-refractivity contribution is 7.91. The molecule has 0 saturated heterocycles. The lowest BCUT2D eigenvalue weighted by Gasteiger charge is -2.18. The van der Waals surface area contributed by atoms with E-state index < -0.39 is 9.84 Å². The average molecular weight is 327 g/mol. The summed E-state index contributed by atoms with van der Waals surface area (Å²) in [4.78, 5) is 0.564. The Labute approximate surface area is 135 Å². The second-order valence-electron chi connectivity index (χ2n) is 5.85. The Morgan fingerprint density at radius 1 is 1.09 bits per heavy atom. The third-order valence-electron chi connectivity index (χ3n) is 4.38. The molecule has 0 bridgehead atoms. The van der Waals surface area contributed by atoms with Gasteiger partial charge in [0, 0.05) is 17.0 Å². The second-order valence-corrected chi connectivity index (χ2v) is 7.79. The fourth-order valence-corrected chi connectivity index (χ4v) is 4.46. The van der Waals surface area contributed by atoms with E-state index in [-0.39, 0.29) is 10.9 Å². The van der Waals surface area contributed by atoms with Gasteiger partial charge in [0.15, 0.2) is 0 Å². The van der Waals surface area contributed by atoms with Gasteiger partial charge in [-0.2, -0.15) is 0 Å². The number of hydrogen-bond donors (Lipinski definition) is 1. The number of furan rings is 1. The maximum absolute atomic E-state index is 12.7. The van der Waals surface area contributed by atoms with Crippen molar-refractivity contribution in [1.29, 1.82) is 0 Å². The van der Waals surface area contributed by atoms with Gasteiger partial charge in [0.05, 0.1) is 15.8 Å². The van der Waals surface area contributed by atoms with Gasteiger partial charge < -0.3 is 9.73 Å². The zero-order valence-electron chi connectivity index (χ0n) is 12.7. The fraction of sp³-hybridized carbons (Fsp3) is 0.222. The summed E-state index contributed by atoms with van der Waals surface area (Å²) in [5.74, 6) is 0.917. The largest absolute Gasteiger partial charge is 0.459 e. The van der Waals surface area contributed by atoms with Crippen molar-refractivity contribution < 1.29 is 12.8 Å². The van der Waals surface area contributed by atoms with Crippen LogP contribution in [0.4, 0.5) is 0 Å². The van der Waals surface area contributed by atoms with Crippen LogP contribution < -0.4 is 5.32 Å². The molecule has 4 nitrogen and oxygen atoms in total.